The molecule has 3 aliphatic heterocycles. The van der Waals surface area contributed by atoms with Crippen molar-refractivity contribution in [2.24, 2.45) is 0 Å². The second-order valence-electron chi connectivity index (χ2n) is 9.47. The van der Waals surface area contributed by atoms with Crippen LogP contribution in [0.1, 0.15) is 36.9 Å². The van der Waals surface area contributed by atoms with Crippen LogP contribution in [0.3, 0.4) is 0 Å². The van der Waals surface area contributed by atoms with Gasteiger partial charge < -0.3 is 9.84 Å². The van der Waals surface area contributed by atoms with Crippen molar-refractivity contribution in [1.29, 1.82) is 0 Å². The quantitative estimate of drug-likeness (QED) is 0.730. The van der Waals surface area contributed by atoms with Crippen LogP contribution in [-0.2, 0) is 21.5 Å². The van der Waals surface area contributed by atoms with E-state index in [0.717, 1.165) is 11.3 Å². The number of ether oxygens (including phenoxy) is 1. The van der Waals surface area contributed by atoms with Gasteiger partial charge in [-0.1, -0.05) is 6.07 Å². The molecular weight excluding hydrogens is 447 g/mol. The minimum Gasteiger partial charge on any atom is -0.506 e. The van der Waals surface area contributed by atoms with Gasteiger partial charge in [0.15, 0.2) is 0 Å². The van der Waals surface area contributed by atoms with Crippen molar-refractivity contribution in [2.45, 2.75) is 43.8 Å². The zero-order valence-electron chi connectivity index (χ0n) is 18.8. The number of halogens is 1. The summed E-state index contributed by atoms with van der Waals surface area (Å²) in [6.07, 6.45) is 2.75. The highest BCUT2D eigenvalue weighted by molar-refractivity contribution is 7.90. The molecule has 2 aromatic rings. The Bertz CT molecular complexity index is 1160. The van der Waals surface area contributed by atoms with Gasteiger partial charge in [0.1, 0.15) is 11.6 Å². The second-order valence-corrected chi connectivity index (χ2v) is 11.4. The van der Waals surface area contributed by atoms with E-state index in [1.807, 2.05) is 6.07 Å². The van der Waals surface area contributed by atoms with Gasteiger partial charge in [-0.3, -0.25) is 14.2 Å². The predicted molar refractivity (Wildman–Crippen MR) is 122 cm³/mol. The van der Waals surface area contributed by atoms with Crippen LogP contribution in [0, 0.1) is 5.82 Å². The zero-order valence-corrected chi connectivity index (χ0v) is 19.6. The van der Waals surface area contributed by atoms with E-state index in [2.05, 4.69) is 16.8 Å². The van der Waals surface area contributed by atoms with Gasteiger partial charge in [-0.05, 0) is 44.0 Å². The van der Waals surface area contributed by atoms with Crippen molar-refractivity contribution in [2.75, 3.05) is 37.7 Å². The molecule has 0 saturated carbocycles. The van der Waals surface area contributed by atoms with E-state index in [1.54, 1.807) is 19.2 Å². The largest absolute Gasteiger partial charge is 0.506 e. The minimum atomic E-state index is -3.73. The number of aromatic hydroxyl groups is 1. The van der Waals surface area contributed by atoms with Crippen LogP contribution in [0.4, 0.5) is 10.1 Å². The third-order valence-electron chi connectivity index (χ3n) is 7.19. The highest BCUT2D eigenvalue weighted by Gasteiger charge is 2.55. The van der Waals surface area contributed by atoms with Crippen molar-refractivity contribution in [3.8, 4) is 5.75 Å². The second kappa shape index (κ2) is 8.19. The lowest BCUT2D eigenvalue weighted by Gasteiger charge is -2.47. The number of pyridine rings is 1. The summed E-state index contributed by atoms with van der Waals surface area (Å²) in [4.78, 5) is 6.71. The topological polar surface area (TPSA) is 86.2 Å². The third kappa shape index (κ3) is 3.88. The number of likely N-dealkylation sites (N-methyl/N-ethyl adjacent to an activating group) is 1. The molecule has 1 aromatic heterocycles. The molecule has 0 aliphatic carbocycles. The maximum absolute atomic E-state index is 14.0. The molecule has 10 heteroatoms. The van der Waals surface area contributed by atoms with Crippen LogP contribution in [0.25, 0.3) is 0 Å². The first-order valence-electron chi connectivity index (χ1n) is 11.2. The lowest BCUT2D eigenvalue weighted by atomic mass is 9.82. The average Bonchev–Trinajstić information content (AvgIpc) is 2.90. The van der Waals surface area contributed by atoms with Crippen LogP contribution in [0.15, 0.2) is 36.5 Å². The Labute approximate surface area is 193 Å². The average molecular weight is 477 g/mol. The first-order chi connectivity index (χ1) is 15.7. The third-order valence-corrected chi connectivity index (χ3v) is 9.17. The van der Waals surface area contributed by atoms with Crippen molar-refractivity contribution in [3.63, 3.8) is 0 Å². The summed E-state index contributed by atoms with van der Waals surface area (Å²) in [6.45, 7) is 4.97. The minimum absolute atomic E-state index is 0.0857. The Kier molecular flexibility index (Phi) is 5.59. The van der Waals surface area contributed by atoms with E-state index in [1.165, 1.54) is 26.9 Å². The lowest BCUT2D eigenvalue weighted by molar-refractivity contribution is 0.00740. The molecule has 0 amide bonds. The van der Waals surface area contributed by atoms with E-state index in [-0.39, 0.29) is 17.7 Å². The maximum atomic E-state index is 14.0. The van der Waals surface area contributed by atoms with Crippen LogP contribution in [0.5, 0.6) is 5.75 Å². The van der Waals surface area contributed by atoms with Crippen molar-refractivity contribution in [3.05, 3.63) is 53.6 Å². The van der Waals surface area contributed by atoms with Gasteiger partial charge in [-0.2, -0.15) is 12.7 Å². The van der Waals surface area contributed by atoms with Crippen molar-refractivity contribution < 1.29 is 22.7 Å². The molecule has 4 heterocycles. The highest BCUT2D eigenvalue weighted by atomic mass is 32.2. The Balaban J connectivity index is 1.38. The number of piperidine rings is 1. The van der Waals surface area contributed by atoms with Gasteiger partial charge in [0, 0.05) is 44.2 Å². The summed E-state index contributed by atoms with van der Waals surface area (Å²) in [6, 6.07) is 7.86. The molecule has 3 saturated heterocycles. The fourth-order valence-corrected chi connectivity index (χ4v) is 7.19. The number of anilines is 1. The number of hydrogen-bond donors (Lipinski definition) is 1. The molecule has 1 N–H and O–H groups in total. The monoisotopic (exact) mass is 476 g/mol. The van der Waals surface area contributed by atoms with Crippen molar-refractivity contribution >= 4 is 15.9 Å². The zero-order chi connectivity index (χ0) is 23.4. The molecule has 3 fully saturated rings. The number of aromatic nitrogens is 1. The number of benzene rings is 1. The van der Waals surface area contributed by atoms with Crippen LogP contribution in [-0.4, -0.2) is 72.6 Å². The molecule has 33 heavy (non-hydrogen) atoms. The molecule has 2 atom stereocenters. The molecule has 1 spiro atoms. The number of nitrogens with zero attached hydrogens (tertiary/aromatic N) is 4. The standard InChI is InChI=1S/C23H29FN4O4S/c1-16-10-23(15-26(2)33(30,31)28(23)20-5-3-4-18(24)8-20)6-7-27(16)12-19-9-21(17-13-32-14-17)22(29)11-25-19/h3-5,8-9,11,16-17,29H,6-7,10,12-15H2,1-2H3/t16-,23+/m0/s1. The molecule has 1 aromatic carbocycles. The molecule has 8 nitrogen and oxygen atoms in total. The first-order valence-corrected chi connectivity index (χ1v) is 12.6. The van der Waals surface area contributed by atoms with Gasteiger partial charge >= 0.3 is 10.2 Å². The van der Waals surface area contributed by atoms with Crippen LogP contribution >= 0.6 is 0 Å². The summed E-state index contributed by atoms with van der Waals surface area (Å²) >= 11 is 0. The molecule has 3 aliphatic rings. The number of hydrogen-bond acceptors (Lipinski definition) is 6. The summed E-state index contributed by atoms with van der Waals surface area (Å²) in [5.41, 5.74) is 1.48. The number of likely N-dealkylation sites (tertiary alicyclic amines) is 1. The van der Waals surface area contributed by atoms with Crippen LogP contribution < -0.4 is 4.31 Å². The van der Waals surface area contributed by atoms with Crippen LogP contribution in [0.2, 0.25) is 0 Å². The van der Waals surface area contributed by atoms with E-state index < -0.39 is 21.6 Å². The Morgan fingerprint density at radius 2 is 2.09 bits per heavy atom. The summed E-state index contributed by atoms with van der Waals surface area (Å²) in [5.74, 6) is -0.0561. The Hall–Kier alpha value is -2.27. The lowest BCUT2D eigenvalue weighted by Crippen LogP contribution is -2.57. The fraction of sp³-hybridized carbons (Fsp3) is 0.522. The van der Waals surface area contributed by atoms with Gasteiger partial charge in [-0.25, -0.2) is 4.39 Å². The fourth-order valence-electron chi connectivity index (χ4n) is 5.42. The predicted octanol–water partition coefficient (Wildman–Crippen LogP) is 2.46. The highest BCUT2D eigenvalue weighted by Crippen LogP contribution is 2.44. The van der Waals surface area contributed by atoms with E-state index >= 15 is 0 Å². The smallest absolute Gasteiger partial charge is 0.304 e. The summed E-state index contributed by atoms with van der Waals surface area (Å²) in [5, 5.41) is 10.2. The molecular formula is C23H29FN4O4S. The van der Waals surface area contributed by atoms with Gasteiger partial charge in [0.25, 0.3) is 0 Å². The summed E-state index contributed by atoms with van der Waals surface area (Å²) in [7, 11) is -2.15. The van der Waals surface area contributed by atoms with Gasteiger partial charge in [0.05, 0.1) is 36.3 Å². The van der Waals surface area contributed by atoms with E-state index in [0.29, 0.717) is 51.4 Å². The normalized spacial score (nSPS) is 28.3. The first kappa shape index (κ1) is 22.5. The number of rotatable bonds is 4. The molecule has 178 valence electrons. The van der Waals surface area contributed by atoms with Gasteiger partial charge in [-0.15, -0.1) is 0 Å². The summed E-state index contributed by atoms with van der Waals surface area (Å²) < 4.78 is 48.4. The molecule has 5 rings (SSSR count). The van der Waals surface area contributed by atoms with E-state index in [9.17, 15) is 17.9 Å². The Morgan fingerprint density at radius 3 is 2.76 bits per heavy atom. The maximum Gasteiger partial charge on any atom is 0.304 e. The molecule has 0 radical (unpaired) electrons. The SMILES string of the molecule is C[C@H]1C[C@]2(CCN1Cc1cc(C3COC3)c(O)cn1)CN(C)S(=O)(=O)N2c1cccc(F)c1. The molecule has 0 bridgehead atoms. The van der Waals surface area contributed by atoms with E-state index in [4.69, 9.17) is 4.74 Å². The van der Waals surface area contributed by atoms with Crippen molar-refractivity contribution in [1.82, 2.24) is 14.2 Å². The van der Waals surface area contributed by atoms with Gasteiger partial charge in [0.2, 0.25) is 0 Å². The molecule has 0 unspecified atom stereocenters. The Morgan fingerprint density at radius 1 is 1.30 bits per heavy atom.